The summed E-state index contributed by atoms with van der Waals surface area (Å²) in [5.74, 6) is 0.992. The standard InChI is InChI=1S/C12H17BrS/c1-2-10-6-7-12(14-10)11(13)8-9-4-3-5-9/h6-7,9,11H,2-5,8H2,1H3. The molecule has 0 nitrogen and oxygen atoms in total. The third-order valence-electron chi connectivity index (χ3n) is 3.10. The Morgan fingerprint density at radius 1 is 1.50 bits per heavy atom. The summed E-state index contributed by atoms with van der Waals surface area (Å²) in [6.45, 7) is 2.23. The van der Waals surface area contributed by atoms with Gasteiger partial charge in [-0.15, -0.1) is 11.3 Å². The number of hydrogen-bond donors (Lipinski definition) is 0. The van der Waals surface area contributed by atoms with Crippen molar-refractivity contribution in [1.29, 1.82) is 0 Å². The van der Waals surface area contributed by atoms with Gasteiger partial charge in [-0.25, -0.2) is 0 Å². The lowest BCUT2D eigenvalue weighted by molar-refractivity contribution is 0.296. The van der Waals surface area contributed by atoms with Crippen LogP contribution in [0.3, 0.4) is 0 Å². The second-order valence-electron chi connectivity index (χ2n) is 4.16. The van der Waals surface area contributed by atoms with Crippen LogP contribution in [0.1, 0.15) is 47.2 Å². The fourth-order valence-electron chi connectivity index (χ4n) is 1.89. The molecule has 1 aliphatic rings. The molecule has 0 radical (unpaired) electrons. The van der Waals surface area contributed by atoms with Gasteiger partial charge in [-0.2, -0.15) is 0 Å². The summed E-state index contributed by atoms with van der Waals surface area (Å²) in [5, 5.41) is 0. The molecule has 14 heavy (non-hydrogen) atoms. The highest BCUT2D eigenvalue weighted by Gasteiger charge is 2.22. The van der Waals surface area contributed by atoms with Gasteiger partial charge in [0.15, 0.2) is 0 Å². The molecule has 1 atom stereocenters. The van der Waals surface area contributed by atoms with Gasteiger partial charge in [0.1, 0.15) is 0 Å². The molecular formula is C12H17BrS. The first-order valence-electron chi connectivity index (χ1n) is 5.52. The molecule has 0 amide bonds. The van der Waals surface area contributed by atoms with Crippen LogP contribution in [0.25, 0.3) is 0 Å². The van der Waals surface area contributed by atoms with Crippen molar-refractivity contribution in [2.45, 2.75) is 43.9 Å². The smallest absolute Gasteiger partial charge is 0.0491 e. The Balaban J connectivity index is 1.92. The maximum Gasteiger partial charge on any atom is 0.0491 e. The molecule has 0 aliphatic heterocycles. The lowest BCUT2D eigenvalue weighted by Gasteiger charge is -2.27. The fourth-order valence-corrected chi connectivity index (χ4v) is 3.80. The van der Waals surface area contributed by atoms with Crippen LogP contribution in [0.4, 0.5) is 0 Å². The predicted molar refractivity (Wildman–Crippen MR) is 67.3 cm³/mol. The summed E-state index contributed by atoms with van der Waals surface area (Å²) in [6.07, 6.45) is 6.87. The van der Waals surface area contributed by atoms with E-state index in [-0.39, 0.29) is 0 Å². The molecule has 1 aromatic heterocycles. The van der Waals surface area contributed by atoms with E-state index in [1.165, 1.54) is 41.9 Å². The van der Waals surface area contributed by atoms with Crippen molar-refractivity contribution in [3.63, 3.8) is 0 Å². The van der Waals surface area contributed by atoms with Crippen LogP contribution >= 0.6 is 27.3 Å². The topological polar surface area (TPSA) is 0 Å². The van der Waals surface area contributed by atoms with Crippen molar-refractivity contribution >= 4 is 27.3 Å². The minimum absolute atomic E-state index is 0.609. The molecule has 0 bridgehead atoms. The molecule has 0 spiro atoms. The lowest BCUT2D eigenvalue weighted by atomic mass is 9.82. The third-order valence-corrected chi connectivity index (χ3v) is 5.62. The molecule has 2 rings (SSSR count). The van der Waals surface area contributed by atoms with Gasteiger partial charge in [-0.05, 0) is 30.9 Å². The Morgan fingerprint density at radius 2 is 2.29 bits per heavy atom. The average Bonchev–Trinajstić information content (AvgIpc) is 2.59. The minimum atomic E-state index is 0.609. The Kier molecular flexibility index (Phi) is 3.67. The van der Waals surface area contributed by atoms with Crippen molar-refractivity contribution in [2.75, 3.05) is 0 Å². The van der Waals surface area contributed by atoms with Crippen molar-refractivity contribution in [1.82, 2.24) is 0 Å². The minimum Gasteiger partial charge on any atom is -0.144 e. The quantitative estimate of drug-likeness (QED) is 0.682. The number of hydrogen-bond acceptors (Lipinski definition) is 1. The summed E-state index contributed by atoms with van der Waals surface area (Å²) in [4.78, 5) is 3.64. The van der Waals surface area contributed by atoms with E-state index in [1.54, 1.807) is 0 Å². The number of rotatable bonds is 4. The van der Waals surface area contributed by atoms with Gasteiger partial charge in [-0.3, -0.25) is 0 Å². The molecule has 0 saturated heterocycles. The van der Waals surface area contributed by atoms with Crippen LogP contribution in [-0.2, 0) is 6.42 Å². The molecule has 0 aromatic carbocycles. The second-order valence-corrected chi connectivity index (χ2v) is 6.46. The van der Waals surface area contributed by atoms with E-state index in [2.05, 4.69) is 35.0 Å². The van der Waals surface area contributed by atoms with Gasteiger partial charge >= 0.3 is 0 Å². The summed E-state index contributed by atoms with van der Waals surface area (Å²) in [7, 11) is 0. The number of aryl methyl sites for hydroxylation is 1. The van der Waals surface area contributed by atoms with Crippen molar-refractivity contribution < 1.29 is 0 Å². The Hall–Kier alpha value is 0.180. The number of thiophene rings is 1. The van der Waals surface area contributed by atoms with E-state index in [4.69, 9.17) is 0 Å². The van der Waals surface area contributed by atoms with Gasteiger partial charge in [0.25, 0.3) is 0 Å². The van der Waals surface area contributed by atoms with E-state index >= 15 is 0 Å². The van der Waals surface area contributed by atoms with E-state index < -0.39 is 0 Å². The van der Waals surface area contributed by atoms with E-state index in [0.29, 0.717) is 4.83 Å². The SMILES string of the molecule is CCc1ccc(C(Br)CC2CCC2)s1. The predicted octanol–water partition coefficient (Wildman–Crippen LogP) is 4.94. The lowest BCUT2D eigenvalue weighted by Crippen LogP contribution is -2.12. The molecule has 1 heterocycles. The van der Waals surface area contributed by atoms with E-state index in [9.17, 15) is 0 Å². The summed E-state index contributed by atoms with van der Waals surface area (Å²) in [6, 6.07) is 4.57. The normalized spacial score (nSPS) is 19.3. The molecule has 1 fully saturated rings. The summed E-state index contributed by atoms with van der Waals surface area (Å²) in [5.41, 5.74) is 0. The van der Waals surface area contributed by atoms with Crippen LogP contribution in [0.2, 0.25) is 0 Å². The highest BCUT2D eigenvalue weighted by atomic mass is 79.9. The fraction of sp³-hybridized carbons (Fsp3) is 0.667. The second kappa shape index (κ2) is 4.80. The maximum atomic E-state index is 3.81. The highest BCUT2D eigenvalue weighted by Crippen LogP contribution is 2.40. The van der Waals surface area contributed by atoms with Crippen molar-refractivity contribution in [3.8, 4) is 0 Å². The van der Waals surface area contributed by atoms with Crippen LogP contribution in [0.15, 0.2) is 12.1 Å². The molecule has 0 N–H and O–H groups in total. The zero-order chi connectivity index (χ0) is 9.97. The monoisotopic (exact) mass is 272 g/mol. The number of alkyl halides is 1. The molecule has 78 valence electrons. The maximum absolute atomic E-state index is 3.81. The van der Waals surface area contributed by atoms with Crippen LogP contribution in [0.5, 0.6) is 0 Å². The summed E-state index contributed by atoms with van der Waals surface area (Å²) < 4.78 is 0. The highest BCUT2D eigenvalue weighted by molar-refractivity contribution is 9.09. The Morgan fingerprint density at radius 3 is 2.79 bits per heavy atom. The first-order valence-corrected chi connectivity index (χ1v) is 7.25. The first-order chi connectivity index (χ1) is 6.79. The van der Waals surface area contributed by atoms with Gasteiger partial charge < -0.3 is 0 Å². The van der Waals surface area contributed by atoms with E-state index in [1.807, 2.05) is 11.3 Å². The van der Waals surface area contributed by atoms with Crippen molar-refractivity contribution in [2.24, 2.45) is 5.92 Å². The molecule has 1 unspecified atom stereocenters. The average molecular weight is 273 g/mol. The Labute approximate surface area is 98.9 Å². The van der Waals surface area contributed by atoms with Crippen LogP contribution in [0, 0.1) is 5.92 Å². The zero-order valence-electron chi connectivity index (χ0n) is 8.63. The van der Waals surface area contributed by atoms with Gasteiger partial charge in [-0.1, -0.05) is 42.1 Å². The van der Waals surface area contributed by atoms with E-state index in [0.717, 1.165) is 5.92 Å². The molecule has 1 saturated carbocycles. The van der Waals surface area contributed by atoms with Crippen LogP contribution in [-0.4, -0.2) is 0 Å². The van der Waals surface area contributed by atoms with Gasteiger partial charge in [0.2, 0.25) is 0 Å². The van der Waals surface area contributed by atoms with Crippen molar-refractivity contribution in [3.05, 3.63) is 21.9 Å². The molecule has 1 aliphatic carbocycles. The molecular weight excluding hydrogens is 256 g/mol. The Bertz CT molecular complexity index is 288. The third kappa shape index (κ3) is 2.40. The summed E-state index contributed by atoms with van der Waals surface area (Å²) >= 11 is 5.78. The van der Waals surface area contributed by atoms with Gasteiger partial charge in [0.05, 0.1) is 0 Å². The largest absolute Gasteiger partial charge is 0.144 e. The molecule has 1 aromatic rings. The first kappa shape index (κ1) is 10.7. The van der Waals surface area contributed by atoms with Crippen LogP contribution < -0.4 is 0 Å². The number of halogens is 1. The van der Waals surface area contributed by atoms with Gasteiger partial charge in [0, 0.05) is 14.6 Å². The molecule has 2 heteroatoms. The zero-order valence-corrected chi connectivity index (χ0v) is 11.0.